The number of thiazole rings is 1. The first-order valence-electron chi connectivity index (χ1n) is 4.18. The highest BCUT2D eigenvalue weighted by Crippen LogP contribution is 2.29. The van der Waals surface area contributed by atoms with E-state index in [0.717, 1.165) is 27.0 Å². The van der Waals surface area contributed by atoms with Crippen molar-refractivity contribution in [2.24, 2.45) is 5.73 Å². The van der Waals surface area contributed by atoms with Crippen LogP contribution in [0, 0.1) is 0 Å². The van der Waals surface area contributed by atoms with Crippen LogP contribution in [-0.4, -0.2) is 11.5 Å². The van der Waals surface area contributed by atoms with Gasteiger partial charge in [-0.25, -0.2) is 4.98 Å². The third-order valence-corrected chi connectivity index (χ3v) is 3.77. The smallest absolute Gasteiger partial charge is 0.0945 e. The van der Waals surface area contributed by atoms with Gasteiger partial charge in [-0.1, -0.05) is 11.6 Å². The second-order valence-corrected chi connectivity index (χ2v) is 5.29. The minimum absolute atomic E-state index is 0.650. The molecule has 74 valence electrons. The molecule has 0 aliphatic heterocycles. The van der Waals surface area contributed by atoms with Crippen LogP contribution in [-0.2, 0) is 6.42 Å². The van der Waals surface area contributed by atoms with Crippen molar-refractivity contribution in [2.45, 2.75) is 6.42 Å². The van der Waals surface area contributed by atoms with E-state index >= 15 is 0 Å². The van der Waals surface area contributed by atoms with E-state index in [9.17, 15) is 0 Å². The summed E-state index contributed by atoms with van der Waals surface area (Å²) in [4.78, 5) is 4.47. The van der Waals surface area contributed by atoms with Crippen LogP contribution in [0.3, 0.4) is 0 Å². The second kappa shape index (κ2) is 4.40. The molecule has 0 spiro atoms. The van der Waals surface area contributed by atoms with Crippen LogP contribution < -0.4 is 5.73 Å². The van der Waals surface area contributed by atoms with Gasteiger partial charge in [0.15, 0.2) is 0 Å². The minimum atomic E-state index is 0.650. The Morgan fingerprint density at radius 1 is 1.36 bits per heavy atom. The molecule has 0 amide bonds. The Balaban J connectivity index is 2.24. The maximum Gasteiger partial charge on any atom is 0.0945 e. The van der Waals surface area contributed by atoms with Gasteiger partial charge in [-0.15, -0.1) is 22.7 Å². The van der Waals surface area contributed by atoms with Gasteiger partial charge in [0.1, 0.15) is 0 Å². The van der Waals surface area contributed by atoms with E-state index in [2.05, 4.69) is 4.98 Å². The number of hydrogen-bond acceptors (Lipinski definition) is 4. The number of nitrogens with zero attached hydrogens (tertiary/aromatic N) is 1. The van der Waals surface area contributed by atoms with Gasteiger partial charge in [-0.05, 0) is 12.6 Å². The third-order valence-electron chi connectivity index (χ3n) is 1.77. The van der Waals surface area contributed by atoms with Gasteiger partial charge in [0.2, 0.25) is 0 Å². The fraction of sp³-hybridized carbons (Fsp3) is 0.222. The summed E-state index contributed by atoms with van der Waals surface area (Å²) in [5.74, 6) is 0. The van der Waals surface area contributed by atoms with Gasteiger partial charge in [0, 0.05) is 22.7 Å². The van der Waals surface area contributed by atoms with Gasteiger partial charge in [-0.3, -0.25) is 0 Å². The first-order chi connectivity index (χ1) is 6.79. The molecule has 2 rings (SSSR count). The standard InChI is InChI=1S/C9H9ClN2S2/c10-8-3-6(4-13-8)7-5-14-9(12-7)1-2-11/h3-5H,1-2,11H2. The van der Waals surface area contributed by atoms with E-state index in [1.807, 2.05) is 16.8 Å². The predicted octanol–water partition coefficient (Wildman–Crippen LogP) is 3.03. The fourth-order valence-electron chi connectivity index (χ4n) is 1.13. The van der Waals surface area contributed by atoms with Crippen molar-refractivity contribution in [1.82, 2.24) is 4.98 Å². The monoisotopic (exact) mass is 244 g/mol. The lowest BCUT2D eigenvalue weighted by molar-refractivity contribution is 0.954. The highest BCUT2D eigenvalue weighted by Gasteiger charge is 2.05. The first-order valence-corrected chi connectivity index (χ1v) is 6.32. The molecule has 0 atom stereocenters. The average Bonchev–Trinajstić information content (AvgIpc) is 2.74. The van der Waals surface area contributed by atoms with Gasteiger partial charge >= 0.3 is 0 Å². The zero-order valence-electron chi connectivity index (χ0n) is 7.37. The quantitative estimate of drug-likeness (QED) is 0.902. The van der Waals surface area contributed by atoms with E-state index in [1.54, 1.807) is 11.3 Å². The molecule has 0 bridgehead atoms. The van der Waals surface area contributed by atoms with Crippen molar-refractivity contribution in [3.63, 3.8) is 0 Å². The molecule has 2 nitrogen and oxygen atoms in total. The maximum atomic E-state index is 5.85. The van der Waals surface area contributed by atoms with Crippen LogP contribution >= 0.6 is 34.3 Å². The molecule has 14 heavy (non-hydrogen) atoms. The summed E-state index contributed by atoms with van der Waals surface area (Å²) in [6.07, 6.45) is 0.850. The molecular weight excluding hydrogens is 236 g/mol. The topological polar surface area (TPSA) is 38.9 Å². The van der Waals surface area contributed by atoms with Crippen molar-refractivity contribution in [1.29, 1.82) is 0 Å². The van der Waals surface area contributed by atoms with Crippen molar-refractivity contribution in [2.75, 3.05) is 6.54 Å². The highest BCUT2D eigenvalue weighted by molar-refractivity contribution is 7.14. The van der Waals surface area contributed by atoms with E-state index in [1.165, 1.54) is 11.3 Å². The summed E-state index contributed by atoms with van der Waals surface area (Å²) in [5.41, 5.74) is 7.56. The summed E-state index contributed by atoms with van der Waals surface area (Å²) in [7, 11) is 0. The molecule has 2 heterocycles. The number of halogens is 1. The van der Waals surface area contributed by atoms with E-state index in [0.29, 0.717) is 6.54 Å². The molecule has 0 aliphatic carbocycles. The lowest BCUT2D eigenvalue weighted by Gasteiger charge is -1.89. The van der Waals surface area contributed by atoms with Crippen LogP contribution in [0.5, 0.6) is 0 Å². The summed E-state index contributed by atoms with van der Waals surface area (Å²) >= 11 is 9.03. The largest absolute Gasteiger partial charge is 0.330 e. The van der Waals surface area contributed by atoms with Gasteiger partial charge in [-0.2, -0.15) is 0 Å². The SMILES string of the molecule is NCCc1nc(-c2csc(Cl)c2)cs1. The molecule has 0 fully saturated rings. The Kier molecular flexibility index (Phi) is 3.18. The summed E-state index contributed by atoms with van der Waals surface area (Å²) in [6, 6.07) is 1.94. The summed E-state index contributed by atoms with van der Waals surface area (Å²) in [5, 5.41) is 5.15. The Bertz CT molecular complexity index is 422. The van der Waals surface area contributed by atoms with Gasteiger partial charge in [0.05, 0.1) is 15.0 Å². The van der Waals surface area contributed by atoms with Crippen LogP contribution in [0.4, 0.5) is 0 Å². The minimum Gasteiger partial charge on any atom is -0.330 e. The van der Waals surface area contributed by atoms with Crippen molar-refractivity contribution in [3.05, 3.63) is 26.2 Å². The van der Waals surface area contributed by atoms with E-state index < -0.39 is 0 Å². The molecule has 0 unspecified atom stereocenters. The van der Waals surface area contributed by atoms with Crippen LogP contribution in [0.1, 0.15) is 5.01 Å². The molecule has 0 aromatic carbocycles. The second-order valence-electron chi connectivity index (χ2n) is 2.80. The van der Waals surface area contributed by atoms with Crippen molar-refractivity contribution < 1.29 is 0 Å². The molecule has 0 aliphatic rings. The fourth-order valence-corrected chi connectivity index (χ4v) is 2.82. The highest BCUT2D eigenvalue weighted by atomic mass is 35.5. The number of hydrogen-bond donors (Lipinski definition) is 1. The zero-order chi connectivity index (χ0) is 9.97. The Labute approximate surface area is 95.4 Å². The van der Waals surface area contributed by atoms with E-state index in [-0.39, 0.29) is 0 Å². The molecule has 2 aromatic heterocycles. The lowest BCUT2D eigenvalue weighted by Crippen LogP contribution is -2.01. The van der Waals surface area contributed by atoms with Crippen LogP contribution in [0.25, 0.3) is 11.3 Å². The number of rotatable bonds is 3. The number of thiophene rings is 1. The normalized spacial score (nSPS) is 10.7. The summed E-state index contributed by atoms with van der Waals surface area (Å²) in [6.45, 7) is 0.650. The van der Waals surface area contributed by atoms with Crippen molar-refractivity contribution in [3.8, 4) is 11.3 Å². The maximum absolute atomic E-state index is 5.85. The predicted molar refractivity (Wildman–Crippen MR) is 63.2 cm³/mol. The molecular formula is C9H9ClN2S2. The van der Waals surface area contributed by atoms with Crippen LogP contribution in [0.15, 0.2) is 16.8 Å². The van der Waals surface area contributed by atoms with Crippen molar-refractivity contribution >= 4 is 34.3 Å². The zero-order valence-corrected chi connectivity index (χ0v) is 9.75. The average molecular weight is 245 g/mol. The molecule has 0 radical (unpaired) electrons. The van der Waals surface area contributed by atoms with E-state index in [4.69, 9.17) is 17.3 Å². The first kappa shape index (κ1) is 10.1. The van der Waals surface area contributed by atoms with Gasteiger partial charge < -0.3 is 5.73 Å². The van der Waals surface area contributed by atoms with Crippen LogP contribution in [0.2, 0.25) is 4.34 Å². The molecule has 0 saturated carbocycles. The molecule has 2 aromatic rings. The number of nitrogens with two attached hydrogens (primary N) is 1. The Morgan fingerprint density at radius 3 is 2.86 bits per heavy atom. The Morgan fingerprint density at radius 2 is 2.21 bits per heavy atom. The number of aromatic nitrogens is 1. The summed E-state index contributed by atoms with van der Waals surface area (Å²) < 4.78 is 0.799. The third kappa shape index (κ3) is 2.15. The molecule has 2 N–H and O–H groups in total. The molecule has 5 heteroatoms. The Hall–Kier alpha value is -0.420. The lowest BCUT2D eigenvalue weighted by atomic mass is 10.3. The van der Waals surface area contributed by atoms with Gasteiger partial charge in [0.25, 0.3) is 0 Å². The molecule has 0 saturated heterocycles.